The Hall–Kier alpha value is -4.51. The van der Waals surface area contributed by atoms with Crippen molar-refractivity contribution in [2.45, 2.75) is 0 Å². The van der Waals surface area contributed by atoms with Gasteiger partial charge in [0.25, 0.3) is 5.91 Å². The van der Waals surface area contributed by atoms with E-state index in [9.17, 15) is 17.6 Å². The molecule has 2 aromatic carbocycles. The van der Waals surface area contributed by atoms with Crippen LogP contribution in [0.15, 0.2) is 65.5 Å². The molecule has 0 radical (unpaired) electrons. The van der Waals surface area contributed by atoms with E-state index in [0.717, 1.165) is 10.6 Å². The standard InChI is InChI=1S/C26H20FN5O4S/c1-28-26(33)17-12-36-24-11-22(31(2)37(3,34)35)16(9-14(17)24)19-7-8-20-25(30-19)23-10-15-18(27)5-4-6-21(15)32(23)13-29-20/h4-13H,1-3H3,(H,28,33). The third-order valence-electron chi connectivity index (χ3n) is 6.54. The van der Waals surface area contributed by atoms with E-state index in [2.05, 4.69) is 10.3 Å². The van der Waals surface area contributed by atoms with E-state index in [1.165, 1.54) is 26.4 Å². The molecule has 0 bridgehead atoms. The number of anilines is 1. The summed E-state index contributed by atoms with van der Waals surface area (Å²) in [6, 6.07) is 13.3. The predicted molar refractivity (Wildman–Crippen MR) is 140 cm³/mol. The molecule has 1 N–H and O–H groups in total. The summed E-state index contributed by atoms with van der Waals surface area (Å²) in [7, 11) is -0.690. The molecule has 0 unspecified atom stereocenters. The van der Waals surface area contributed by atoms with Gasteiger partial charge in [0, 0.05) is 36.5 Å². The van der Waals surface area contributed by atoms with Gasteiger partial charge in [-0.05, 0) is 36.4 Å². The Balaban J connectivity index is 1.67. The summed E-state index contributed by atoms with van der Waals surface area (Å²) in [5, 5.41) is 3.53. The highest BCUT2D eigenvalue weighted by Gasteiger charge is 2.23. The highest BCUT2D eigenvalue weighted by molar-refractivity contribution is 7.92. The Kier molecular flexibility index (Phi) is 4.96. The zero-order valence-corrected chi connectivity index (χ0v) is 20.8. The topological polar surface area (TPSA) is 110 Å². The minimum absolute atomic E-state index is 0.311. The smallest absolute Gasteiger partial charge is 0.254 e. The van der Waals surface area contributed by atoms with Crippen LogP contribution in [0.2, 0.25) is 0 Å². The van der Waals surface area contributed by atoms with E-state index in [4.69, 9.17) is 9.40 Å². The molecule has 4 aromatic heterocycles. The maximum absolute atomic E-state index is 14.5. The summed E-state index contributed by atoms with van der Waals surface area (Å²) in [6.07, 6.45) is 4.05. The van der Waals surface area contributed by atoms with Gasteiger partial charge in [0.15, 0.2) is 0 Å². The number of pyridine rings is 1. The fourth-order valence-electron chi connectivity index (χ4n) is 4.55. The molecule has 1 amide bonds. The van der Waals surface area contributed by atoms with Crippen molar-refractivity contribution in [1.82, 2.24) is 19.7 Å². The summed E-state index contributed by atoms with van der Waals surface area (Å²) in [4.78, 5) is 21.8. The number of benzene rings is 2. The van der Waals surface area contributed by atoms with Crippen LogP contribution < -0.4 is 9.62 Å². The Bertz CT molecular complexity index is 2010. The van der Waals surface area contributed by atoms with Crippen molar-refractivity contribution >= 4 is 60.0 Å². The number of carbonyl (C=O) groups is 1. The van der Waals surface area contributed by atoms with Crippen molar-refractivity contribution in [3.05, 3.63) is 72.5 Å². The molecule has 0 saturated carbocycles. The monoisotopic (exact) mass is 517 g/mol. The number of carbonyl (C=O) groups excluding carboxylic acids is 1. The van der Waals surface area contributed by atoms with E-state index in [0.29, 0.717) is 60.9 Å². The van der Waals surface area contributed by atoms with Gasteiger partial charge < -0.3 is 9.73 Å². The molecule has 0 saturated heterocycles. The molecule has 37 heavy (non-hydrogen) atoms. The SMILES string of the molecule is CNC(=O)c1coc2cc(N(C)S(C)(=O)=O)c(-c3ccc4ncn5c6cccc(F)c6cc5c4n3)cc12. The van der Waals surface area contributed by atoms with E-state index in [1.807, 2.05) is 0 Å². The molecular weight excluding hydrogens is 497 g/mol. The molecule has 11 heteroatoms. The lowest BCUT2D eigenvalue weighted by Gasteiger charge is -2.20. The third kappa shape index (κ3) is 3.50. The molecule has 186 valence electrons. The molecule has 0 aliphatic carbocycles. The van der Waals surface area contributed by atoms with Crippen LogP contribution in [0.4, 0.5) is 10.1 Å². The Morgan fingerprint density at radius 3 is 2.68 bits per heavy atom. The number of furan rings is 1. The van der Waals surface area contributed by atoms with Gasteiger partial charge in [-0.25, -0.2) is 22.8 Å². The first kappa shape index (κ1) is 22.9. The quantitative estimate of drug-likeness (QED) is 0.373. The minimum Gasteiger partial charge on any atom is -0.463 e. The molecule has 0 atom stereocenters. The van der Waals surface area contributed by atoms with Crippen LogP contribution in [0, 0.1) is 5.82 Å². The van der Waals surface area contributed by atoms with Crippen LogP contribution in [0.3, 0.4) is 0 Å². The third-order valence-corrected chi connectivity index (χ3v) is 7.73. The van der Waals surface area contributed by atoms with E-state index in [1.54, 1.807) is 53.2 Å². The van der Waals surface area contributed by atoms with Crippen LogP contribution in [-0.2, 0) is 10.0 Å². The number of hydrogen-bond acceptors (Lipinski definition) is 6. The first-order valence-electron chi connectivity index (χ1n) is 11.2. The molecule has 0 spiro atoms. The first-order chi connectivity index (χ1) is 17.7. The number of fused-ring (bicyclic) bond motifs is 6. The number of sulfonamides is 1. The van der Waals surface area contributed by atoms with Crippen molar-refractivity contribution in [1.29, 1.82) is 0 Å². The van der Waals surface area contributed by atoms with Gasteiger partial charge in [-0.1, -0.05) is 6.07 Å². The predicted octanol–water partition coefficient (Wildman–Crippen LogP) is 4.34. The zero-order valence-electron chi connectivity index (χ0n) is 20.0. The van der Waals surface area contributed by atoms with E-state index < -0.39 is 10.0 Å². The van der Waals surface area contributed by atoms with Gasteiger partial charge >= 0.3 is 0 Å². The van der Waals surface area contributed by atoms with Crippen molar-refractivity contribution in [3.8, 4) is 11.3 Å². The van der Waals surface area contributed by atoms with Crippen molar-refractivity contribution in [2.75, 3.05) is 24.7 Å². The minimum atomic E-state index is -3.64. The second-order valence-corrected chi connectivity index (χ2v) is 10.7. The lowest BCUT2D eigenvalue weighted by Crippen LogP contribution is -2.25. The second kappa shape index (κ2) is 8.00. The summed E-state index contributed by atoms with van der Waals surface area (Å²) in [6.45, 7) is 0. The van der Waals surface area contributed by atoms with Gasteiger partial charge in [0.1, 0.15) is 29.5 Å². The largest absolute Gasteiger partial charge is 0.463 e. The molecule has 0 aliphatic heterocycles. The molecule has 6 rings (SSSR count). The summed E-state index contributed by atoms with van der Waals surface area (Å²) >= 11 is 0. The molecular formula is C26H20FN5O4S. The number of nitrogens with one attached hydrogen (secondary N) is 1. The normalized spacial score (nSPS) is 12.1. The van der Waals surface area contributed by atoms with Crippen molar-refractivity contribution < 1.29 is 22.0 Å². The second-order valence-electron chi connectivity index (χ2n) is 8.71. The van der Waals surface area contributed by atoms with Gasteiger partial charge in [-0.3, -0.25) is 13.5 Å². The molecule has 4 heterocycles. The number of amides is 1. The highest BCUT2D eigenvalue weighted by atomic mass is 32.2. The summed E-state index contributed by atoms with van der Waals surface area (Å²) < 4.78 is 48.0. The van der Waals surface area contributed by atoms with Crippen molar-refractivity contribution in [2.24, 2.45) is 0 Å². The Labute approximate surface area is 210 Å². The number of nitrogens with zero attached hydrogens (tertiary/aromatic N) is 4. The lowest BCUT2D eigenvalue weighted by molar-refractivity contribution is 0.0964. The fourth-order valence-corrected chi connectivity index (χ4v) is 5.06. The van der Waals surface area contributed by atoms with Gasteiger partial charge in [-0.2, -0.15) is 0 Å². The maximum Gasteiger partial charge on any atom is 0.254 e. The molecule has 0 fully saturated rings. The summed E-state index contributed by atoms with van der Waals surface area (Å²) in [5.41, 5.74) is 4.32. The number of aromatic nitrogens is 3. The van der Waals surface area contributed by atoms with Crippen LogP contribution in [0.25, 0.3) is 49.7 Å². The van der Waals surface area contributed by atoms with Gasteiger partial charge in [-0.15, -0.1) is 0 Å². The Morgan fingerprint density at radius 2 is 1.92 bits per heavy atom. The van der Waals surface area contributed by atoms with Crippen LogP contribution in [-0.4, -0.2) is 49.0 Å². The van der Waals surface area contributed by atoms with E-state index in [-0.39, 0.29) is 11.7 Å². The highest BCUT2D eigenvalue weighted by Crippen LogP contribution is 2.38. The molecule has 0 aliphatic rings. The van der Waals surface area contributed by atoms with Crippen LogP contribution >= 0.6 is 0 Å². The van der Waals surface area contributed by atoms with Crippen LogP contribution in [0.5, 0.6) is 0 Å². The summed E-state index contributed by atoms with van der Waals surface area (Å²) in [5.74, 6) is -0.692. The number of hydrogen-bond donors (Lipinski definition) is 1. The lowest BCUT2D eigenvalue weighted by atomic mass is 10.0. The fraction of sp³-hybridized carbons (Fsp3) is 0.115. The van der Waals surface area contributed by atoms with Gasteiger partial charge in [0.2, 0.25) is 10.0 Å². The van der Waals surface area contributed by atoms with E-state index >= 15 is 0 Å². The van der Waals surface area contributed by atoms with Gasteiger partial charge in [0.05, 0.1) is 39.8 Å². The number of rotatable bonds is 4. The van der Waals surface area contributed by atoms with Crippen molar-refractivity contribution in [3.63, 3.8) is 0 Å². The average Bonchev–Trinajstić information content (AvgIpc) is 3.48. The molecule has 6 aromatic rings. The van der Waals surface area contributed by atoms with Crippen LogP contribution in [0.1, 0.15) is 10.4 Å². The first-order valence-corrected chi connectivity index (χ1v) is 13.1. The molecule has 9 nitrogen and oxygen atoms in total. The zero-order chi connectivity index (χ0) is 26.1. The number of halogens is 1. The average molecular weight is 518 g/mol. The maximum atomic E-state index is 14.5. The Morgan fingerprint density at radius 1 is 1.11 bits per heavy atom.